The first-order valence-corrected chi connectivity index (χ1v) is 7.39. The van der Waals surface area contributed by atoms with Crippen molar-refractivity contribution in [3.8, 4) is 5.75 Å². The summed E-state index contributed by atoms with van der Waals surface area (Å²) < 4.78 is 23.7. The van der Waals surface area contributed by atoms with E-state index in [0.29, 0.717) is 11.4 Å². The van der Waals surface area contributed by atoms with E-state index >= 15 is 0 Å². The molecule has 126 valence electrons. The minimum absolute atomic E-state index is 0.161. The summed E-state index contributed by atoms with van der Waals surface area (Å²) in [5.74, 6) is -1.65. The Morgan fingerprint density at radius 1 is 1.17 bits per heavy atom. The van der Waals surface area contributed by atoms with Crippen LogP contribution in [-0.4, -0.2) is 25.1 Å². The molecule has 2 aromatic carbocycles. The molecule has 0 aliphatic carbocycles. The average Bonchev–Trinajstić information content (AvgIpc) is 2.55. The van der Waals surface area contributed by atoms with Crippen molar-refractivity contribution in [1.82, 2.24) is 0 Å². The molecule has 0 saturated carbocycles. The van der Waals surface area contributed by atoms with Gasteiger partial charge in [-0.15, -0.1) is 0 Å². The maximum absolute atomic E-state index is 13.7. The molecule has 0 aliphatic rings. The number of esters is 1. The zero-order chi connectivity index (χ0) is 17.7. The van der Waals surface area contributed by atoms with Gasteiger partial charge in [0.2, 0.25) is 0 Å². The fourth-order valence-electron chi connectivity index (χ4n) is 1.85. The maximum atomic E-state index is 13.7. The lowest BCUT2D eigenvalue weighted by Gasteiger charge is -2.14. The third kappa shape index (κ3) is 4.45. The first-order chi connectivity index (χ1) is 11.4. The van der Waals surface area contributed by atoms with Crippen LogP contribution in [0, 0.1) is 5.82 Å². The van der Waals surface area contributed by atoms with E-state index < -0.39 is 23.8 Å². The zero-order valence-electron chi connectivity index (χ0n) is 13.0. The maximum Gasteiger partial charge on any atom is 0.341 e. The SMILES string of the molecule is COc1ccc(NC(=O)[C@H](C)OC(=O)c2ccc(Cl)cc2F)cc1. The number of hydrogen-bond donors (Lipinski definition) is 1. The molecule has 1 amide bonds. The molecule has 0 heterocycles. The summed E-state index contributed by atoms with van der Waals surface area (Å²) in [6, 6.07) is 10.2. The third-order valence-electron chi connectivity index (χ3n) is 3.16. The number of hydrogen-bond acceptors (Lipinski definition) is 4. The van der Waals surface area contributed by atoms with E-state index in [2.05, 4.69) is 5.32 Å². The van der Waals surface area contributed by atoms with Crippen molar-refractivity contribution in [3.63, 3.8) is 0 Å². The van der Waals surface area contributed by atoms with Crippen molar-refractivity contribution < 1.29 is 23.5 Å². The van der Waals surface area contributed by atoms with Crippen LogP contribution in [0.4, 0.5) is 10.1 Å². The number of nitrogens with one attached hydrogen (secondary N) is 1. The molecule has 0 radical (unpaired) electrons. The average molecular weight is 352 g/mol. The number of rotatable bonds is 5. The highest BCUT2D eigenvalue weighted by molar-refractivity contribution is 6.30. The van der Waals surface area contributed by atoms with Crippen molar-refractivity contribution in [2.45, 2.75) is 13.0 Å². The van der Waals surface area contributed by atoms with Crippen LogP contribution in [-0.2, 0) is 9.53 Å². The summed E-state index contributed by atoms with van der Waals surface area (Å²) in [6.07, 6.45) is -1.10. The van der Waals surface area contributed by atoms with Gasteiger partial charge in [0.05, 0.1) is 12.7 Å². The van der Waals surface area contributed by atoms with Crippen molar-refractivity contribution in [2.24, 2.45) is 0 Å². The Hall–Kier alpha value is -2.60. The van der Waals surface area contributed by atoms with E-state index in [0.717, 1.165) is 6.07 Å². The second-order valence-electron chi connectivity index (χ2n) is 4.89. The Bertz CT molecular complexity index is 749. The molecule has 0 aliphatic heterocycles. The van der Waals surface area contributed by atoms with Gasteiger partial charge in [-0.25, -0.2) is 9.18 Å². The lowest BCUT2D eigenvalue weighted by atomic mass is 10.2. The molecule has 7 heteroatoms. The third-order valence-corrected chi connectivity index (χ3v) is 3.40. The van der Waals surface area contributed by atoms with Gasteiger partial charge < -0.3 is 14.8 Å². The van der Waals surface area contributed by atoms with Crippen LogP contribution in [0.25, 0.3) is 0 Å². The molecule has 1 atom stereocenters. The molecule has 2 rings (SSSR count). The topological polar surface area (TPSA) is 64.6 Å². The Morgan fingerprint density at radius 3 is 2.42 bits per heavy atom. The van der Waals surface area contributed by atoms with Crippen molar-refractivity contribution in [1.29, 1.82) is 0 Å². The Balaban J connectivity index is 1.98. The van der Waals surface area contributed by atoms with Crippen LogP contribution >= 0.6 is 11.6 Å². The minimum Gasteiger partial charge on any atom is -0.497 e. The number of halogens is 2. The number of carbonyl (C=O) groups is 2. The molecule has 5 nitrogen and oxygen atoms in total. The summed E-state index contributed by atoms with van der Waals surface area (Å²) in [4.78, 5) is 24.0. The van der Waals surface area contributed by atoms with Gasteiger partial charge in [0.15, 0.2) is 6.10 Å². The van der Waals surface area contributed by atoms with Crippen molar-refractivity contribution in [2.75, 3.05) is 12.4 Å². The Labute approximate surface area is 143 Å². The Kier molecular flexibility index (Phi) is 5.76. The lowest BCUT2D eigenvalue weighted by Crippen LogP contribution is -2.30. The largest absolute Gasteiger partial charge is 0.497 e. The van der Waals surface area contributed by atoms with Gasteiger partial charge in [-0.1, -0.05) is 11.6 Å². The van der Waals surface area contributed by atoms with Crippen LogP contribution in [0.15, 0.2) is 42.5 Å². The molecule has 0 bridgehead atoms. The molecule has 1 N–H and O–H groups in total. The van der Waals surface area contributed by atoms with Crippen LogP contribution in [0.1, 0.15) is 17.3 Å². The highest BCUT2D eigenvalue weighted by Crippen LogP contribution is 2.17. The lowest BCUT2D eigenvalue weighted by molar-refractivity contribution is -0.123. The first kappa shape index (κ1) is 17.7. The highest BCUT2D eigenvalue weighted by atomic mass is 35.5. The fourth-order valence-corrected chi connectivity index (χ4v) is 2.01. The number of ether oxygens (including phenoxy) is 2. The van der Waals surface area contributed by atoms with Gasteiger partial charge in [0, 0.05) is 10.7 Å². The number of carbonyl (C=O) groups excluding carboxylic acids is 2. The van der Waals surface area contributed by atoms with Crippen LogP contribution in [0.5, 0.6) is 5.75 Å². The van der Waals surface area contributed by atoms with Crippen LogP contribution < -0.4 is 10.1 Å². The number of benzene rings is 2. The van der Waals surface area contributed by atoms with E-state index in [1.807, 2.05) is 0 Å². The summed E-state index contributed by atoms with van der Waals surface area (Å²) >= 11 is 5.62. The second kappa shape index (κ2) is 7.79. The first-order valence-electron chi connectivity index (χ1n) is 7.01. The summed E-state index contributed by atoms with van der Waals surface area (Å²) in [5, 5.41) is 2.75. The van der Waals surface area contributed by atoms with Gasteiger partial charge in [-0.05, 0) is 49.4 Å². The van der Waals surface area contributed by atoms with Crippen LogP contribution in [0.2, 0.25) is 5.02 Å². The zero-order valence-corrected chi connectivity index (χ0v) is 13.8. The van der Waals surface area contributed by atoms with Gasteiger partial charge in [0.25, 0.3) is 5.91 Å². The monoisotopic (exact) mass is 351 g/mol. The van der Waals surface area contributed by atoms with Crippen molar-refractivity contribution in [3.05, 3.63) is 58.9 Å². The molecule has 0 spiro atoms. The molecule has 0 unspecified atom stereocenters. The molecule has 0 saturated heterocycles. The molecule has 0 aromatic heterocycles. The van der Waals surface area contributed by atoms with Gasteiger partial charge in [0.1, 0.15) is 11.6 Å². The molecule has 0 fully saturated rings. The quantitative estimate of drug-likeness (QED) is 0.835. The summed E-state index contributed by atoms with van der Waals surface area (Å²) in [6.45, 7) is 1.39. The second-order valence-corrected chi connectivity index (χ2v) is 5.33. The standard InChI is InChI=1S/C17H15ClFNO4/c1-10(16(21)20-12-4-6-13(23-2)7-5-12)24-17(22)14-8-3-11(18)9-15(14)19/h3-10H,1-2H3,(H,20,21)/t10-/m0/s1. The highest BCUT2D eigenvalue weighted by Gasteiger charge is 2.21. The number of methoxy groups -OCH3 is 1. The Morgan fingerprint density at radius 2 is 1.83 bits per heavy atom. The summed E-state index contributed by atoms with van der Waals surface area (Å²) in [7, 11) is 1.53. The molecule has 2 aromatic rings. The van der Waals surface area contributed by atoms with Crippen LogP contribution in [0.3, 0.4) is 0 Å². The number of amides is 1. The molecular formula is C17H15ClFNO4. The predicted molar refractivity (Wildman–Crippen MR) is 87.9 cm³/mol. The fraction of sp³-hybridized carbons (Fsp3) is 0.176. The summed E-state index contributed by atoms with van der Waals surface area (Å²) in [5.41, 5.74) is 0.227. The molecule has 24 heavy (non-hydrogen) atoms. The van der Waals surface area contributed by atoms with Crippen molar-refractivity contribution >= 4 is 29.2 Å². The van der Waals surface area contributed by atoms with E-state index in [4.69, 9.17) is 21.1 Å². The normalized spacial score (nSPS) is 11.5. The molecular weight excluding hydrogens is 337 g/mol. The smallest absolute Gasteiger partial charge is 0.341 e. The van der Waals surface area contributed by atoms with Gasteiger partial charge in [-0.2, -0.15) is 0 Å². The van der Waals surface area contributed by atoms with E-state index in [-0.39, 0.29) is 10.6 Å². The van der Waals surface area contributed by atoms with E-state index in [1.165, 1.54) is 26.2 Å². The van der Waals surface area contributed by atoms with E-state index in [9.17, 15) is 14.0 Å². The van der Waals surface area contributed by atoms with Gasteiger partial charge in [-0.3, -0.25) is 4.79 Å². The van der Waals surface area contributed by atoms with Gasteiger partial charge >= 0.3 is 5.97 Å². The minimum atomic E-state index is -1.10. The van der Waals surface area contributed by atoms with E-state index in [1.54, 1.807) is 24.3 Å². The number of anilines is 1. The predicted octanol–water partition coefficient (Wildman–Crippen LogP) is 3.67.